The van der Waals surface area contributed by atoms with Gasteiger partial charge in [0.05, 0.1) is 33.1 Å². The minimum Gasteiger partial charge on any atom is -0.469 e. The van der Waals surface area contributed by atoms with E-state index in [1.54, 1.807) is 44.2 Å². The average Bonchev–Trinajstić information content (AvgIpc) is 3.54. The van der Waals surface area contributed by atoms with E-state index in [4.69, 9.17) is 9.47 Å². The number of ether oxygens (including phenoxy) is 3. The van der Waals surface area contributed by atoms with Gasteiger partial charge in [0.25, 0.3) is 0 Å². The third kappa shape index (κ3) is 13.1. The van der Waals surface area contributed by atoms with Crippen molar-refractivity contribution in [1.82, 2.24) is 21.3 Å². The van der Waals surface area contributed by atoms with Crippen molar-refractivity contribution in [3.05, 3.63) is 82.8 Å². The van der Waals surface area contributed by atoms with Gasteiger partial charge < -0.3 is 35.5 Å². The number of hydrogen-bond acceptors (Lipinski definition) is 11. The molecule has 0 radical (unpaired) electrons. The summed E-state index contributed by atoms with van der Waals surface area (Å²) in [6, 6.07) is 11.3. The topological polar surface area (TPSA) is 212 Å². The number of methoxy groups -OCH3 is 2. The Hall–Kier alpha value is -5.25. The summed E-state index contributed by atoms with van der Waals surface area (Å²) in [5.74, 6) is -4.82. The first-order valence-electron chi connectivity index (χ1n) is 16.6. The molecular weight excluding hydrogens is 696 g/mol. The summed E-state index contributed by atoms with van der Waals surface area (Å²) in [6.45, 7) is 3.24. The van der Waals surface area contributed by atoms with E-state index in [0.29, 0.717) is 18.4 Å². The molecule has 0 aromatic heterocycles. The van der Waals surface area contributed by atoms with E-state index < -0.39 is 88.0 Å². The second kappa shape index (κ2) is 19.4. The van der Waals surface area contributed by atoms with E-state index in [0.717, 1.165) is 43.1 Å². The number of esters is 2. The highest BCUT2D eigenvalue weighted by Gasteiger charge is 2.39. The Morgan fingerprint density at radius 3 is 1.90 bits per heavy atom. The van der Waals surface area contributed by atoms with Crippen LogP contribution in [0.15, 0.2) is 66.1 Å². The van der Waals surface area contributed by atoms with Crippen molar-refractivity contribution in [1.29, 1.82) is 0 Å². The first kappa shape index (κ1) is 41.2. The van der Waals surface area contributed by atoms with Gasteiger partial charge >= 0.3 is 18.0 Å². The Kier molecular flexibility index (Phi) is 15.3. The van der Waals surface area contributed by atoms with Crippen LogP contribution in [-0.4, -0.2) is 88.8 Å². The summed E-state index contributed by atoms with van der Waals surface area (Å²) >= 11 is 0. The molecule has 16 heteroatoms. The first-order valence-corrected chi connectivity index (χ1v) is 18.5. The third-order valence-electron chi connectivity index (χ3n) is 8.30. The molecule has 0 bridgehead atoms. The van der Waals surface area contributed by atoms with Gasteiger partial charge in [-0.25, -0.2) is 13.2 Å². The summed E-state index contributed by atoms with van der Waals surface area (Å²) in [5, 5.41) is 11.2. The fourth-order valence-corrected chi connectivity index (χ4v) is 6.04. The highest BCUT2D eigenvalue weighted by atomic mass is 32.2. The van der Waals surface area contributed by atoms with Crippen molar-refractivity contribution in [3.8, 4) is 0 Å². The quantitative estimate of drug-likeness (QED) is 0.135. The largest absolute Gasteiger partial charge is 0.469 e. The molecule has 2 aromatic carbocycles. The lowest BCUT2D eigenvalue weighted by Gasteiger charge is -2.30. The smallest absolute Gasteiger partial charge is 0.408 e. The Morgan fingerprint density at radius 1 is 0.769 bits per heavy atom. The van der Waals surface area contributed by atoms with Crippen molar-refractivity contribution in [3.63, 3.8) is 0 Å². The van der Waals surface area contributed by atoms with Gasteiger partial charge in [-0.2, -0.15) is 0 Å². The molecule has 0 spiro atoms. The van der Waals surface area contributed by atoms with Crippen LogP contribution in [0, 0.1) is 11.8 Å². The molecule has 0 fully saturated rings. The highest BCUT2D eigenvalue weighted by Crippen LogP contribution is 2.29. The Balaban J connectivity index is 1.85. The van der Waals surface area contributed by atoms with Crippen molar-refractivity contribution in [2.24, 2.45) is 11.8 Å². The standard InChI is InChI=1S/C36H46N4O11S/c1-22(2)31(34(44)37-27(19-29(41)49-3)15-16-52(5,47)48)39-35(45)32(26-17-24-13-9-10-14-25(24)18-26)40-33(43)28(20-30(42)50-4)38-36(46)51-21-23-11-7-6-8-12-23/h6-16,22,26-28,31-32H,17-21H2,1-5H3,(H,37,44)(H,38,46)(H,39,45)(H,40,43)/b16-15+/t27?,28-,31-,32-/m0/s1. The van der Waals surface area contributed by atoms with Gasteiger partial charge in [-0.05, 0) is 41.4 Å². The van der Waals surface area contributed by atoms with Crippen LogP contribution in [0.3, 0.4) is 0 Å². The van der Waals surface area contributed by atoms with Crippen molar-refractivity contribution >= 4 is 45.6 Å². The number of fused-ring (bicyclic) bond motifs is 1. The minimum absolute atomic E-state index is 0.103. The molecule has 52 heavy (non-hydrogen) atoms. The molecule has 0 saturated heterocycles. The first-order chi connectivity index (χ1) is 24.6. The third-order valence-corrected chi connectivity index (χ3v) is 8.95. The summed E-state index contributed by atoms with van der Waals surface area (Å²) in [7, 11) is -1.33. The van der Waals surface area contributed by atoms with Crippen LogP contribution in [0.5, 0.6) is 0 Å². The molecule has 3 rings (SSSR count). The lowest BCUT2D eigenvalue weighted by atomic mass is 9.93. The number of carbonyl (C=O) groups is 6. The van der Waals surface area contributed by atoms with Crippen LogP contribution in [0.4, 0.5) is 4.79 Å². The molecule has 0 saturated carbocycles. The fraction of sp³-hybridized carbons (Fsp3) is 0.444. The molecule has 282 valence electrons. The monoisotopic (exact) mass is 742 g/mol. The molecule has 2 aromatic rings. The normalized spacial score (nSPS) is 15.0. The van der Waals surface area contributed by atoms with Gasteiger partial charge in [-0.15, -0.1) is 0 Å². The van der Waals surface area contributed by atoms with Crippen molar-refractivity contribution < 1.29 is 51.4 Å². The van der Waals surface area contributed by atoms with Crippen LogP contribution in [-0.2, 0) is 67.5 Å². The fourth-order valence-electron chi connectivity index (χ4n) is 5.56. The van der Waals surface area contributed by atoms with Crippen LogP contribution < -0.4 is 21.3 Å². The van der Waals surface area contributed by atoms with Gasteiger partial charge in [-0.1, -0.05) is 74.5 Å². The number of alkyl carbamates (subject to hydrolysis) is 1. The lowest BCUT2D eigenvalue weighted by molar-refractivity contribution is -0.143. The van der Waals surface area contributed by atoms with Crippen LogP contribution >= 0.6 is 0 Å². The lowest BCUT2D eigenvalue weighted by Crippen LogP contribution is -2.60. The van der Waals surface area contributed by atoms with Crippen LogP contribution in [0.1, 0.15) is 43.4 Å². The zero-order valence-corrected chi connectivity index (χ0v) is 30.6. The molecular formula is C36H46N4O11S. The number of sulfone groups is 1. The number of amides is 4. The molecule has 0 aliphatic heterocycles. The van der Waals surface area contributed by atoms with Gasteiger partial charge in [0.2, 0.25) is 17.7 Å². The molecule has 4 atom stereocenters. The SMILES string of the molecule is COC(=O)CC(/C=C/S(C)(=O)=O)NC(=O)[C@@H](NC(=O)[C@@H](NC(=O)[C@H](CC(=O)OC)NC(=O)OCc1ccccc1)C1Cc2ccccc2C1)C(C)C. The maximum absolute atomic E-state index is 14.1. The molecule has 1 unspecified atom stereocenters. The second-order valence-corrected chi connectivity index (χ2v) is 14.7. The van der Waals surface area contributed by atoms with E-state index in [1.807, 2.05) is 24.3 Å². The zero-order chi connectivity index (χ0) is 38.4. The number of nitrogens with one attached hydrogen (secondary N) is 4. The Bertz CT molecular complexity index is 1710. The van der Waals surface area contributed by atoms with E-state index >= 15 is 0 Å². The number of rotatable bonds is 17. The molecule has 1 aliphatic rings. The maximum atomic E-state index is 14.1. The summed E-state index contributed by atoms with van der Waals surface area (Å²) in [4.78, 5) is 78.5. The van der Waals surface area contributed by atoms with Gasteiger partial charge in [0, 0.05) is 11.7 Å². The van der Waals surface area contributed by atoms with Gasteiger partial charge in [-0.3, -0.25) is 24.0 Å². The molecule has 4 N–H and O–H groups in total. The molecule has 4 amide bonds. The minimum atomic E-state index is -3.61. The van der Waals surface area contributed by atoms with Crippen LogP contribution in [0.2, 0.25) is 0 Å². The van der Waals surface area contributed by atoms with Crippen molar-refractivity contribution in [2.75, 3.05) is 20.5 Å². The Labute approximate surface area is 303 Å². The van der Waals surface area contributed by atoms with E-state index in [2.05, 4.69) is 26.0 Å². The predicted molar refractivity (Wildman–Crippen MR) is 189 cm³/mol. The van der Waals surface area contributed by atoms with E-state index in [9.17, 15) is 37.2 Å². The predicted octanol–water partition coefficient (Wildman–Crippen LogP) is 1.49. The molecule has 0 heterocycles. The summed E-state index contributed by atoms with van der Waals surface area (Å²) < 4.78 is 38.2. The number of benzene rings is 2. The molecule has 1 aliphatic carbocycles. The summed E-state index contributed by atoms with van der Waals surface area (Å²) in [5.41, 5.74) is 2.63. The highest BCUT2D eigenvalue weighted by molar-refractivity contribution is 7.93. The van der Waals surface area contributed by atoms with Gasteiger partial charge in [0.15, 0.2) is 9.84 Å². The number of hydrogen-bond donors (Lipinski definition) is 4. The van der Waals surface area contributed by atoms with Crippen LogP contribution in [0.25, 0.3) is 0 Å². The average molecular weight is 743 g/mol. The number of carbonyl (C=O) groups excluding carboxylic acids is 6. The summed E-state index contributed by atoms with van der Waals surface area (Å²) in [6.07, 6.45) is 0.964. The van der Waals surface area contributed by atoms with E-state index in [1.165, 1.54) is 0 Å². The maximum Gasteiger partial charge on any atom is 0.408 e. The Morgan fingerprint density at radius 2 is 1.35 bits per heavy atom. The van der Waals surface area contributed by atoms with Gasteiger partial charge in [0.1, 0.15) is 24.7 Å². The molecule has 15 nitrogen and oxygen atoms in total. The second-order valence-electron chi connectivity index (χ2n) is 12.7. The zero-order valence-electron chi connectivity index (χ0n) is 29.7. The van der Waals surface area contributed by atoms with Crippen molar-refractivity contribution in [2.45, 2.75) is 70.3 Å². The van der Waals surface area contributed by atoms with E-state index in [-0.39, 0.29) is 13.0 Å².